The van der Waals surface area contributed by atoms with E-state index < -0.39 is 0 Å². The molecule has 1 amide bonds. The number of pyridine rings is 2. The summed E-state index contributed by atoms with van der Waals surface area (Å²) in [5.74, 6) is -0.430. The van der Waals surface area contributed by atoms with Crippen LogP contribution in [-0.2, 0) is 4.84 Å². The number of nitrogens with one attached hydrogen (secondary N) is 1. The molecule has 1 saturated heterocycles. The largest absolute Gasteiger partial charge is 0.398 e. The number of nitrogens with zero attached hydrogens (tertiary/aromatic N) is 4. The van der Waals surface area contributed by atoms with Crippen LogP contribution in [0.4, 0.5) is 11.4 Å². The molecule has 2 atom stereocenters. The number of quaternary nitrogens is 1. The number of carbonyl (C=O) groups excluding carboxylic acids is 1. The lowest BCUT2D eigenvalue weighted by molar-refractivity contribution is 0.0952. The van der Waals surface area contributed by atoms with Crippen LogP contribution in [0.25, 0.3) is 11.3 Å². The van der Waals surface area contributed by atoms with Crippen molar-refractivity contribution >= 4 is 57.7 Å². The van der Waals surface area contributed by atoms with Crippen LogP contribution in [0.2, 0.25) is 5.02 Å². The van der Waals surface area contributed by atoms with Crippen LogP contribution in [0, 0.1) is 20.8 Å². The van der Waals surface area contributed by atoms with Crippen molar-refractivity contribution in [1.29, 1.82) is 0 Å². The van der Waals surface area contributed by atoms with Crippen LogP contribution in [-0.4, -0.2) is 52.9 Å². The molecule has 3 heterocycles. The van der Waals surface area contributed by atoms with Gasteiger partial charge >= 0.3 is 0 Å². The van der Waals surface area contributed by atoms with Crippen LogP contribution in [0.5, 0.6) is 0 Å². The minimum absolute atomic E-state index is 0.190. The maximum Gasteiger partial charge on any atom is 0.270 e. The number of hydrogen-bond donors (Lipinski definition) is 2. The average Bonchev–Trinajstić information content (AvgIpc) is 3.83. The second kappa shape index (κ2) is 13.7. The molecule has 2 aromatic heterocycles. The molecule has 5 rings (SSSR count). The van der Waals surface area contributed by atoms with E-state index in [9.17, 15) is 4.79 Å². The first kappa shape index (κ1) is 32.0. The van der Waals surface area contributed by atoms with E-state index in [1.54, 1.807) is 18.5 Å². The van der Waals surface area contributed by atoms with Crippen molar-refractivity contribution in [3.05, 3.63) is 105 Å². The number of amides is 1. The summed E-state index contributed by atoms with van der Waals surface area (Å²) in [6, 6.07) is 17.8. The van der Waals surface area contributed by atoms with Gasteiger partial charge in [-0.3, -0.25) is 19.8 Å². The van der Waals surface area contributed by atoms with E-state index in [0.29, 0.717) is 40.7 Å². The predicted molar refractivity (Wildman–Crippen MR) is 188 cm³/mol. The summed E-state index contributed by atoms with van der Waals surface area (Å²) >= 11 is 9.08. The van der Waals surface area contributed by atoms with Crippen LogP contribution in [0.3, 0.4) is 0 Å². The standard InChI is InChI=1S/C34H36ClIN6O2/c1-5-42(20-44-42)30-17-29(41-33(22(30)3)27-11-13-39-23(4)31(27)35)28(24-9-7-6-8-10-24)19-40-34(43)25-15-21(2)32(37)26(16-25)18-38-14-12-36/h6-11,13,15-18,28H,5,12,14,19-20H2,1-4H3,(H2-,37,38,40,43)/p+1. The lowest BCUT2D eigenvalue weighted by Crippen LogP contribution is -2.30. The number of benzene rings is 2. The van der Waals surface area contributed by atoms with Gasteiger partial charge in [-0.25, -0.2) is 0 Å². The van der Waals surface area contributed by atoms with E-state index in [-0.39, 0.29) is 11.8 Å². The van der Waals surface area contributed by atoms with Gasteiger partial charge in [-0.15, -0.1) is 9.48 Å². The maximum absolute atomic E-state index is 13.6. The summed E-state index contributed by atoms with van der Waals surface area (Å²) in [6.45, 7) is 10.4. The molecule has 0 saturated carbocycles. The van der Waals surface area contributed by atoms with Gasteiger partial charge in [-0.05, 0) is 57.0 Å². The molecule has 3 N–H and O–H groups in total. The highest BCUT2D eigenvalue weighted by atomic mass is 127. The van der Waals surface area contributed by atoms with Gasteiger partial charge in [0.1, 0.15) is 6.54 Å². The minimum atomic E-state index is -0.239. The molecule has 44 heavy (non-hydrogen) atoms. The molecule has 2 unspecified atom stereocenters. The summed E-state index contributed by atoms with van der Waals surface area (Å²) in [7, 11) is 0. The van der Waals surface area contributed by atoms with Crippen LogP contribution >= 0.6 is 34.2 Å². The van der Waals surface area contributed by atoms with Crippen molar-refractivity contribution in [2.75, 3.05) is 36.5 Å². The zero-order valence-electron chi connectivity index (χ0n) is 25.4. The van der Waals surface area contributed by atoms with Crippen LogP contribution in [0.15, 0.2) is 65.8 Å². The normalized spacial score (nSPS) is 16.7. The van der Waals surface area contributed by atoms with Crippen molar-refractivity contribution in [3.8, 4) is 11.3 Å². The number of halogens is 2. The van der Waals surface area contributed by atoms with Gasteiger partial charge in [-0.1, -0.05) is 64.5 Å². The quantitative estimate of drug-likeness (QED) is 0.0435. The lowest BCUT2D eigenvalue weighted by Gasteiger charge is -2.22. The zero-order chi connectivity index (χ0) is 31.4. The number of carbonyl (C=O) groups is 1. The molecule has 0 spiro atoms. The van der Waals surface area contributed by atoms with Gasteiger partial charge < -0.3 is 11.1 Å². The summed E-state index contributed by atoms with van der Waals surface area (Å²) in [5.41, 5.74) is 15.3. The van der Waals surface area contributed by atoms with Crippen LogP contribution < -0.4 is 15.7 Å². The number of aromatic nitrogens is 2. The number of aryl methyl sites for hydroxylation is 2. The van der Waals surface area contributed by atoms with E-state index >= 15 is 0 Å². The first-order chi connectivity index (χ1) is 21.2. The Kier molecular flexibility index (Phi) is 9.99. The van der Waals surface area contributed by atoms with Crippen molar-refractivity contribution in [1.82, 2.24) is 19.9 Å². The van der Waals surface area contributed by atoms with Crippen molar-refractivity contribution in [2.45, 2.75) is 33.6 Å². The zero-order valence-corrected chi connectivity index (χ0v) is 28.3. The van der Waals surface area contributed by atoms with Gasteiger partial charge in [0.05, 0.1) is 22.1 Å². The number of nitrogen functional groups attached to an aromatic ring is 1. The summed E-state index contributed by atoms with van der Waals surface area (Å²) < 4.78 is 1.32. The summed E-state index contributed by atoms with van der Waals surface area (Å²) in [6.07, 6.45) is 3.50. The fraction of sp³-hybridized carbons (Fsp3) is 0.294. The Labute approximate surface area is 277 Å². The first-order valence-electron chi connectivity index (χ1n) is 14.6. The number of hydroxylamine groups is 2. The summed E-state index contributed by atoms with van der Waals surface area (Å²) in [5, 5.41) is 3.75. The Hall–Kier alpha value is -3.38. The minimum Gasteiger partial charge on any atom is -0.398 e. The van der Waals surface area contributed by atoms with Gasteiger partial charge in [0.15, 0.2) is 5.69 Å². The molecular formula is C34H37ClIN6O2+. The third-order valence-corrected chi connectivity index (χ3v) is 9.08. The Balaban J connectivity index is 1.56. The first-order valence-corrected chi connectivity index (χ1v) is 16.5. The molecule has 0 radical (unpaired) electrons. The Morgan fingerprint density at radius 1 is 1.20 bits per heavy atom. The maximum atomic E-state index is 13.6. The second-order valence-electron chi connectivity index (χ2n) is 11.0. The number of rotatable bonds is 11. The van der Waals surface area contributed by atoms with E-state index in [2.05, 4.69) is 69.9 Å². The van der Waals surface area contributed by atoms with Crippen molar-refractivity contribution in [3.63, 3.8) is 0 Å². The van der Waals surface area contributed by atoms with Crippen molar-refractivity contribution < 1.29 is 9.63 Å². The summed E-state index contributed by atoms with van der Waals surface area (Å²) in [4.78, 5) is 33.6. The highest BCUT2D eigenvalue weighted by Gasteiger charge is 2.49. The Morgan fingerprint density at radius 3 is 2.64 bits per heavy atom. The molecule has 228 valence electrons. The van der Waals surface area contributed by atoms with Gasteiger partial charge in [0, 0.05) is 69.9 Å². The number of alkyl halides is 1. The fourth-order valence-electron chi connectivity index (χ4n) is 5.42. The SMILES string of the molecule is CC[N+]1(c2cc(C(CNC(=O)c3cc(C)c(N)c(C=NCCI)c3)c3ccccc3)nc(-c3ccnc(C)c3Cl)c2C)CO1. The Morgan fingerprint density at radius 2 is 1.95 bits per heavy atom. The molecule has 8 nitrogen and oxygen atoms in total. The number of nitrogens with two attached hydrogens (primary N) is 1. The average molecular weight is 724 g/mol. The van der Waals surface area contributed by atoms with Gasteiger partial charge in [0.2, 0.25) is 0 Å². The third-order valence-electron chi connectivity index (χ3n) is 8.12. The highest BCUT2D eigenvalue weighted by molar-refractivity contribution is 14.1. The molecule has 0 bridgehead atoms. The topological polar surface area (TPSA) is 106 Å². The number of anilines is 1. The Bertz CT molecular complexity index is 1710. The molecular weight excluding hydrogens is 687 g/mol. The molecule has 1 fully saturated rings. The van der Waals surface area contributed by atoms with E-state index in [1.807, 2.05) is 44.2 Å². The lowest BCUT2D eigenvalue weighted by atomic mass is 9.92. The van der Waals surface area contributed by atoms with Gasteiger partial charge in [0.25, 0.3) is 12.6 Å². The molecule has 1 aliphatic heterocycles. The van der Waals surface area contributed by atoms with E-state index in [1.165, 1.54) is 0 Å². The number of aliphatic imine (C=N–C) groups is 1. The second-order valence-corrected chi connectivity index (χ2v) is 12.4. The molecule has 0 aliphatic carbocycles. The van der Waals surface area contributed by atoms with Crippen molar-refractivity contribution in [2.24, 2.45) is 4.99 Å². The predicted octanol–water partition coefficient (Wildman–Crippen LogP) is 6.95. The highest BCUT2D eigenvalue weighted by Crippen LogP contribution is 2.43. The third kappa shape index (κ3) is 6.66. The van der Waals surface area contributed by atoms with E-state index in [4.69, 9.17) is 27.2 Å². The fourth-order valence-corrected chi connectivity index (χ4v) is 5.90. The molecule has 1 aliphatic rings. The molecule has 10 heteroatoms. The smallest absolute Gasteiger partial charge is 0.270 e. The monoisotopic (exact) mass is 723 g/mol. The van der Waals surface area contributed by atoms with E-state index in [0.717, 1.165) is 61.6 Å². The molecule has 4 aromatic rings. The number of hydrogen-bond acceptors (Lipinski definition) is 6. The van der Waals surface area contributed by atoms with Gasteiger partial charge in [-0.2, -0.15) is 0 Å². The van der Waals surface area contributed by atoms with Crippen LogP contribution in [0.1, 0.15) is 56.8 Å². The molecule has 2 aromatic carbocycles.